The molecule has 4 N–H and O–H groups in total. The molecule has 1 aromatic rings. The summed E-state index contributed by atoms with van der Waals surface area (Å²) in [5, 5.41) is 34.1. The zero-order valence-corrected chi connectivity index (χ0v) is 10.7. The summed E-state index contributed by atoms with van der Waals surface area (Å²) in [5.74, 6) is -3.24. The molecule has 1 aromatic heterocycles. The maximum absolute atomic E-state index is 10.3. The van der Waals surface area contributed by atoms with E-state index in [1.165, 1.54) is 0 Å². The standard InChI is InChI=1S/C6H4O5.C6H14O2/c7-5(8)3-1-2-11-4(3)6(9)10;1-5(7)3-4-6(2)8/h1-2H,(H,7,8)(H,9,10);5-8H,3-4H2,1-2H3. The topological polar surface area (TPSA) is 128 Å². The third-order valence-corrected chi connectivity index (χ3v) is 2.09. The molecular formula is C12H18O7. The highest BCUT2D eigenvalue weighted by atomic mass is 16.4. The molecule has 1 heterocycles. The SMILES string of the molecule is CC(O)CCC(C)O.O=C(O)c1ccoc1C(=O)O. The predicted molar refractivity (Wildman–Crippen MR) is 65.2 cm³/mol. The van der Waals surface area contributed by atoms with Crippen molar-refractivity contribution in [2.45, 2.75) is 38.9 Å². The minimum atomic E-state index is -1.38. The molecule has 19 heavy (non-hydrogen) atoms. The average molecular weight is 274 g/mol. The third-order valence-electron chi connectivity index (χ3n) is 2.09. The van der Waals surface area contributed by atoms with Gasteiger partial charge in [0.2, 0.25) is 5.76 Å². The number of carboxylic acid groups (broad SMARTS) is 2. The van der Waals surface area contributed by atoms with Crippen molar-refractivity contribution in [2.24, 2.45) is 0 Å². The average Bonchev–Trinajstić information content (AvgIpc) is 2.76. The van der Waals surface area contributed by atoms with Gasteiger partial charge in [-0.1, -0.05) is 0 Å². The van der Waals surface area contributed by atoms with Gasteiger partial charge in [-0.05, 0) is 32.8 Å². The van der Waals surface area contributed by atoms with Crippen LogP contribution in [0.25, 0.3) is 0 Å². The summed E-state index contributed by atoms with van der Waals surface area (Å²) in [6.45, 7) is 3.45. The van der Waals surface area contributed by atoms with Crippen molar-refractivity contribution in [2.75, 3.05) is 0 Å². The number of aliphatic hydroxyl groups excluding tert-OH is 2. The Morgan fingerprint density at radius 2 is 1.58 bits per heavy atom. The van der Waals surface area contributed by atoms with E-state index in [0.29, 0.717) is 12.8 Å². The summed E-state index contributed by atoms with van der Waals surface area (Å²) in [5.41, 5.74) is -0.336. The fourth-order valence-corrected chi connectivity index (χ4v) is 1.13. The predicted octanol–water partition coefficient (Wildman–Crippen LogP) is 1.20. The Morgan fingerprint density at radius 3 is 1.84 bits per heavy atom. The molecule has 0 aliphatic heterocycles. The van der Waals surface area contributed by atoms with Gasteiger partial charge in [-0.2, -0.15) is 0 Å². The van der Waals surface area contributed by atoms with E-state index in [0.717, 1.165) is 12.3 Å². The van der Waals surface area contributed by atoms with Crippen LogP contribution in [0.1, 0.15) is 47.6 Å². The first-order chi connectivity index (χ1) is 8.75. The highest BCUT2D eigenvalue weighted by molar-refractivity contribution is 5.99. The van der Waals surface area contributed by atoms with Gasteiger partial charge in [-0.15, -0.1) is 0 Å². The summed E-state index contributed by atoms with van der Waals surface area (Å²) in [7, 11) is 0. The number of carboxylic acids is 2. The maximum Gasteiger partial charge on any atom is 0.372 e. The molecule has 7 heteroatoms. The Hall–Kier alpha value is -1.86. The Balaban J connectivity index is 0.000000362. The number of carbonyl (C=O) groups is 2. The fourth-order valence-electron chi connectivity index (χ4n) is 1.13. The normalized spacial score (nSPS) is 13.1. The van der Waals surface area contributed by atoms with Crippen LogP contribution in [0.2, 0.25) is 0 Å². The number of aliphatic hydroxyl groups is 2. The van der Waals surface area contributed by atoms with Gasteiger partial charge in [0.05, 0.1) is 18.5 Å². The molecule has 0 fully saturated rings. The Kier molecular flexibility index (Phi) is 7.47. The number of rotatable bonds is 5. The molecule has 0 spiro atoms. The van der Waals surface area contributed by atoms with E-state index in [1.54, 1.807) is 13.8 Å². The van der Waals surface area contributed by atoms with Crippen LogP contribution in [0.15, 0.2) is 16.7 Å². The molecular weight excluding hydrogens is 256 g/mol. The van der Waals surface area contributed by atoms with Crippen molar-refractivity contribution in [1.82, 2.24) is 0 Å². The first-order valence-corrected chi connectivity index (χ1v) is 5.65. The highest BCUT2D eigenvalue weighted by Gasteiger charge is 2.18. The summed E-state index contributed by atoms with van der Waals surface area (Å²) < 4.78 is 4.41. The Labute approximate surface area is 110 Å². The second-order valence-electron chi connectivity index (χ2n) is 4.05. The molecule has 0 saturated carbocycles. The molecule has 1 rings (SSSR count). The molecule has 0 amide bonds. The first kappa shape index (κ1) is 17.1. The molecule has 7 nitrogen and oxygen atoms in total. The van der Waals surface area contributed by atoms with Crippen LogP contribution in [-0.4, -0.2) is 44.6 Å². The van der Waals surface area contributed by atoms with Crippen molar-refractivity contribution in [1.29, 1.82) is 0 Å². The van der Waals surface area contributed by atoms with Gasteiger partial charge in [-0.3, -0.25) is 0 Å². The Bertz CT molecular complexity index is 369. The molecule has 0 bridgehead atoms. The zero-order valence-electron chi connectivity index (χ0n) is 10.7. The van der Waals surface area contributed by atoms with E-state index in [2.05, 4.69) is 4.42 Å². The van der Waals surface area contributed by atoms with E-state index < -0.39 is 17.7 Å². The minimum absolute atomic E-state index is 0.274. The van der Waals surface area contributed by atoms with Crippen molar-refractivity contribution in [3.05, 3.63) is 23.7 Å². The lowest BCUT2D eigenvalue weighted by Crippen LogP contribution is -2.06. The number of hydrogen-bond acceptors (Lipinski definition) is 5. The zero-order chi connectivity index (χ0) is 15.0. The molecule has 2 atom stereocenters. The van der Waals surface area contributed by atoms with Crippen LogP contribution >= 0.6 is 0 Å². The van der Waals surface area contributed by atoms with Gasteiger partial charge < -0.3 is 24.8 Å². The largest absolute Gasteiger partial charge is 0.478 e. The van der Waals surface area contributed by atoms with Crippen molar-refractivity contribution in [3.8, 4) is 0 Å². The van der Waals surface area contributed by atoms with E-state index in [-0.39, 0.29) is 17.8 Å². The number of hydrogen-bond donors (Lipinski definition) is 4. The van der Waals surface area contributed by atoms with Crippen LogP contribution < -0.4 is 0 Å². The highest BCUT2D eigenvalue weighted by Crippen LogP contribution is 2.09. The van der Waals surface area contributed by atoms with Crippen LogP contribution in [0, 0.1) is 0 Å². The molecule has 0 saturated heterocycles. The number of aromatic carboxylic acids is 2. The second-order valence-corrected chi connectivity index (χ2v) is 4.05. The van der Waals surface area contributed by atoms with Gasteiger partial charge in [-0.25, -0.2) is 9.59 Å². The summed E-state index contributed by atoms with van der Waals surface area (Å²) >= 11 is 0. The Morgan fingerprint density at radius 1 is 1.11 bits per heavy atom. The smallest absolute Gasteiger partial charge is 0.372 e. The second kappa shape index (κ2) is 8.28. The monoisotopic (exact) mass is 274 g/mol. The van der Waals surface area contributed by atoms with E-state index in [4.69, 9.17) is 20.4 Å². The molecule has 0 aliphatic rings. The van der Waals surface area contributed by atoms with E-state index in [9.17, 15) is 9.59 Å². The van der Waals surface area contributed by atoms with Gasteiger partial charge in [0.15, 0.2) is 0 Å². The van der Waals surface area contributed by atoms with Crippen LogP contribution in [0.5, 0.6) is 0 Å². The molecule has 108 valence electrons. The van der Waals surface area contributed by atoms with Crippen molar-refractivity contribution in [3.63, 3.8) is 0 Å². The molecule has 0 aliphatic carbocycles. The van der Waals surface area contributed by atoms with Crippen molar-refractivity contribution >= 4 is 11.9 Å². The molecule has 0 radical (unpaired) electrons. The van der Waals surface area contributed by atoms with Crippen LogP contribution in [0.3, 0.4) is 0 Å². The van der Waals surface area contributed by atoms with Crippen LogP contribution in [-0.2, 0) is 0 Å². The summed E-state index contributed by atoms with van der Waals surface area (Å²) in [6.07, 6.45) is 1.86. The van der Waals surface area contributed by atoms with E-state index >= 15 is 0 Å². The van der Waals surface area contributed by atoms with Gasteiger partial charge in [0.1, 0.15) is 5.56 Å². The lowest BCUT2D eigenvalue weighted by molar-refractivity contribution is 0.0626. The maximum atomic E-state index is 10.3. The summed E-state index contributed by atoms with van der Waals surface area (Å²) in [6, 6.07) is 1.09. The van der Waals surface area contributed by atoms with Crippen molar-refractivity contribution < 1.29 is 34.4 Å². The lowest BCUT2D eigenvalue weighted by atomic mass is 10.1. The fraction of sp³-hybridized carbons (Fsp3) is 0.500. The van der Waals surface area contributed by atoms with Gasteiger partial charge in [0.25, 0.3) is 0 Å². The van der Waals surface area contributed by atoms with Gasteiger partial charge >= 0.3 is 11.9 Å². The molecule has 2 unspecified atom stereocenters. The van der Waals surface area contributed by atoms with Gasteiger partial charge in [0, 0.05) is 0 Å². The minimum Gasteiger partial charge on any atom is -0.478 e. The number of furan rings is 1. The quantitative estimate of drug-likeness (QED) is 0.635. The van der Waals surface area contributed by atoms with Crippen LogP contribution in [0.4, 0.5) is 0 Å². The lowest BCUT2D eigenvalue weighted by Gasteiger charge is -2.04. The molecule has 0 aromatic carbocycles. The summed E-state index contributed by atoms with van der Waals surface area (Å²) in [4.78, 5) is 20.5. The van der Waals surface area contributed by atoms with E-state index in [1.807, 2.05) is 0 Å². The first-order valence-electron chi connectivity index (χ1n) is 5.65. The third kappa shape index (κ3) is 7.22.